The molecule has 15 heavy (non-hydrogen) atoms. The molecule has 0 aromatic carbocycles. The van der Waals surface area contributed by atoms with Gasteiger partial charge < -0.3 is 5.73 Å². The molecule has 4 nitrogen and oxygen atoms in total. The van der Waals surface area contributed by atoms with Gasteiger partial charge in [-0.25, -0.2) is 0 Å². The molecule has 0 amide bonds. The van der Waals surface area contributed by atoms with Crippen LogP contribution in [0.5, 0.6) is 0 Å². The number of hydrogen-bond acceptors (Lipinski definition) is 4. The molecule has 0 fully saturated rings. The Morgan fingerprint density at radius 1 is 1.07 bits per heavy atom. The van der Waals surface area contributed by atoms with Crippen LogP contribution in [0.25, 0.3) is 11.8 Å². The van der Waals surface area contributed by atoms with Crippen molar-refractivity contribution >= 4 is 11.8 Å². The molecule has 4 heteroatoms. The molecule has 0 saturated carbocycles. The van der Waals surface area contributed by atoms with Crippen molar-refractivity contribution in [3.05, 3.63) is 54.4 Å². The van der Waals surface area contributed by atoms with Crippen molar-refractivity contribution in [1.29, 1.82) is 0 Å². The Morgan fingerprint density at radius 2 is 1.87 bits per heavy atom. The maximum Gasteiger partial charge on any atom is 0.0833 e. The van der Waals surface area contributed by atoms with Gasteiger partial charge in [0.25, 0.3) is 0 Å². The second kappa shape index (κ2) is 4.32. The van der Waals surface area contributed by atoms with E-state index in [1.54, 1.807) is 37.1 Å². The summed E-state index contributed by atoms with van der Waals surface area (Å²) in [6.07, 6.45) is 10.1. The van der Waals surface area contributed by atoms with Crippen molar-refractivity contribution in [1.82, 2.24) is 15.0 Å². The van der Waals surface area contributed by atoms with Gasteiger partial charge in [0.15, 0.2) is 0 Å². The van der Waals surface area contributed by atoms with Crippen LogP contribution in [0.3, 0.4) is 0 Å². The highest BCUT2D eigenvalue weighted by Gasteiger charge is 1.96. The van der Waals surface area contributed by atoms with Crippen molar-refractivity contribution < 1.29 is 0 Å². The molecule has 74 valence electrons. The molecule has 0 bridgehead atoms. The Labute approximate surface area is 87.5 Å². The first-order chi connectivity index (χ1) is 7.36. The predicted octanol–water partition coefficient (Wildman–Crippen LogP) is 1.33. The molecule has 0 aliphatic carbocycles. The van der Waals surface area contributed by atoms with E-state index in [1.165, 1.54) is 0 Å². The van der Waals surface area contributed by atoms with Gasteiger partial charge in [0, 0.05) is 36.0 Å². The van der Waals surface area contributed by atoms with Crippen LogP contribution in [-0.4, -0.2) is 15.0 Å². The lowest BCUT2D eigenvalue weighted by atomic mass is 10.2. The zero-order valence-corrected chi connectivity index (χ0v) is 8.04. The van der Waals surface area contributed by atoms with E-state index in [9.17, 15) is 0 Å². The Balaban J connectivity index is 2.29. The van der Waals surface area contributed by atoms with E-state index in [0.29, 0.717) is 5.70 Å². The summed E-state index contributed by atoms with van der Waals surface area (Å²) >= 11 is 0. The van der Waals surface area contributed by atoms with E-state index >= 15 is 0 Å². The lowest BCUT2D eigenvalue weighted by Crippen LogP contribution is -1.96. The van der Waals surface area contributed by atoms with Gasteiger partial charge in [-0.15, -0.1) is 0 Å². The Hall–Kier alpha value is -2.23. The fourth-order valence-corrected chi connectivity index (χ4v) is 1.17. The summed E-state index contributed by atoms with van der Waals surface area (Å²) in [7, 11) is 0. The summed E-state index contributed by atoms with van der Waals surface area (Å²) in [5.74, 6) is 0. The molecular weight excluding hydrogens is 188 g/mol. The van der Waals surface area contributed by atoms with Crippen molar-refractivity contribution in [2.24, 2.45) is 5.73 Å². The van der Waals surface area contributed by atoms with Gasteiger partial charge >= 0.3 is 0 Å². The third kappa shape index (κ3) is 2.37. The second-order valence-corrected chi connectivity index (χ2v) is 2.97. The summed E-state index contributed by atoms with van der Waals surface area (Å²) in [4.78, 5) is 12.0. The number of hydrogen-bond donors (Lipinski definition) is 1. The standard InChI is InChI=1S/C11H10N4/c12-11(9-1-3-13-4-2-9)7-10-8-14-5-6-15-10/h1-8H,12H2/b11-7+. The molecule has 2 aromatic heterocycles. The van der Waals surface area contributed by atoms with Crippen LogP contribution < -0.4 is 5.73 Å². The van der Waals surface area contributed by atoms with Crippen LogP contribution in [0.4, 0.5) is 0 Å². The highest BCUT2D eigenvalue weighted by molar-refractivity contribution is 5.77. The maximum absolute atomic E-state index is 5.89. The van der Waals surface area contributed by atoms with Crippen LogP contribution >= 0.6 is 0 Å². The topological polar surface area (TPSA) is 64.7 Å². The van der Waals surface area contributed by atoms with Crippen molar-refractivity contribution in [3.8, 4) is 0 Å². The minimum atomic E-state index is 0.651. The van der Waals surface area contributed by atoms with Crippen LogP contribution in [-0.2, 0) is 0 Å². The SMILES string of the molecule is N/C(=C/c1cnccn1)c1ccncc1. The number of nitrogens with zero attached hydrogens (tertiary/aromatic N) is 3. The first kappa shape index (κ1) is 9.33. The van der Waals surface area contributed by atoms with Crippen molar-refractivity contribution in [3.63, 3.8) is 0 Å². The highest BCUT2D eigenvalue weighted by Crippen LogP contribution is 2.09. The molecule has 0 unspecified atom stereocenters. The Bertz CT molecular complexity index is 451. The molecule has 2 rings (SSSR count). The van der Waals surface area contributed by atoms with E-state index in [2.05, 4.69) is 15.0 Å². The van der Waals surface area contributed by atoms with E-state index in [0.717, 1.165) is 11.3 Å². The molecular formula is C11H10N4. The third-order valence-electron chi connectivity index (χ3n) is 1.90. The van der Waals surface area contributed by atoms with Gasteiger partial charge in [-0.1, -0.05) is 0 Å². The molecule has 0 atom stereocenters. The average molecular weight is 198 g/mol. The highest BCUT2D eigenvalue weighted by atomic mass is 14.8. The van der Waals surface area contributed by atoms with Crippen molar-refractivity contribution in [2.45, 2.75) is 0 Å². The largest absolute Gasteiger partial charge is 0.398 e. The van der Waals surface area contributed by atoms with Crippen LogP contribution in [0.2, 0.25) is 0 Å². The molecule has 2 heterocycles. The van der Waals surface area contributed by atoms with Gasteiger partial charge in [-0.3, -0.25) is 15.0 Å². The summed E-state index contributed by atoms with van der Waals surface area (Å²) in [5.41, 5.74) is 8.21. The maximum atomic E-state index is 5.89. The smallest absolute Gasteiger partial charge is 0.0833 e. The molecule has 2 N–H and O–H groups in total. The second-order valence-electron chi connectivity index (χ2n) is 2.97. The van der Waals surface area contributed by atoms with E-state index in [1.807, 2.05) is 12.1 Å². The average Bonchev–Trinajstić information content (AvgIpc) is 2.31. The van der Waals surface area contributed by atoms with E-state index in [4.69, 9.17) is 5.73 Å². The molecule has 0 saturated heterocycles. The number of rotatable bonds is 2. The fourth-order valence-electron chi connectivity index (χ4n) is 1.17. The van der Waals surface area contributed by atoms with Gasteiger partial charge in [0.1, 0.15) is 0 Å². The molecule has 0 spiro atoms. The van der Waals surface area contributed by atoms with E-state index < -0.39 is 0 Å². The molecule has 0 radical (unpaired) electrons. The lowest BCUT2D eigenvalue weighted by molar-refractivity contribution is 1.18. The van der Waals surface area contributed by atoms with Gasteiger partial charge in [0.2, 0.25) is 0 Å². The van der Waals surface area contributed by atoms with Gasteiger partial charge in [-0.2, -0.15) is 0 Å². The molecule has 2 aromatic rings. The number of nitrogens with two attached hydrogens (primary N) is 1. The van der Waals surface area contributed by atoms with Crippen molar-refractivity contribution in [2.75, 3.05) is 0 Å². The van der Waals surface area contributed by atoms with Gasteiger partial charge in [-0.05, 0) is 18.2 Å². The quantitative estimate of drug-likeness (QED) is 0.790. The predicted molar refractivity (Wildman–Crippen MR) is 58.3 cm³/mol. The Kier molecular flexibility index (Phi) is 2.69. The number of aromatic nitrogens is 3. The third-order valence-corrected chi connectivity index (χ3v) is 1.90. The monoisotopic (exact) mass is 198 g/mol. The summed E-state index contributed by atoms with van der Waals surface area (Å²) < 4.78 is 0. The minimum Gasteiger partial charge on any atom is -0.398 e. The zero-order chi connectivity index (χ0) is 10.5. The Morgan fingerprint density at radius 3 is 2.53 bits per heavy atom. The first-order valence-corrected chi connectivity index (χ1v) is 4.50. The summed E-state index contributed by atoms with van der Waals surface area (Å²) in [6.45, 7) is 0. The van der Waals surface area contributed by atoms with Gasteiger partial charge in [0.05, 0.1) is 11.9 Å². The summed E-state index contributed by atoms with van der Waals surface area (Å²) in [5, 5.41) is 0. The van der Waals surface area contributed by atoms with Crippen LogP contribution in [0.1, 0.15) is 11.3 Å². The van der Waals surface area contributed by atoms with Crippen LogP contribution in [0, 0.1) is 0 Å². The normalized spacial score (nSPS) is 11.3. The zero-order valence-electron chi connectivity index (χ0n) is 8.04. The van der Waals surface area contributed by atoms with Crippen LogP contribution in [0.15, 0.2) is 43.1 Å². The van der Waals surface area contributed by atoms with E-state index in [-0.39, 0.29) is 0 Å². The molecule has 0 aliphatic heterocycles. The number of pyridine rings is 1. The minimum absolute atomic E-state index is 0.651. The lowest BCUT2D eigenvalue weighted by Gasteiger charge is -1.99. The summed E-state index contributed by atoms with van der Waals surface area (Å²) in [6, 6.07) is 3.70. The first-order valence-electron chi connectivity index (χ1n) is 4.50. The fraction of sp³-hybridized carbons (Fsp3) is 0. The molecule has 0 aliphatic rings.